The second kappa shape index (κ2) is 12.9. The topological polar surface area (TPSA) is 163 Å². The number of amides is 3. The van der Waals surface area contributed by atoms with Crippen LogP contribution in [0.4, 0.5) is 10.5 Å². The number of aromatic nitrogens is 2. The van der Waals surface area contributed by atoms with Gasteiger partial charge in [-0.05, 0) is 55.7 Å². The maximum Gasteiger partial charge on any atom is 0.326 e. The number of unbranched alkanes of at least 4 members (excludes halogenated alkanes) is 1. The predicted molar refractivity (Wildman–Crippen MR) is 134 cm³/mol. The highest BCUT2D eigenvalue weighted by atomic mass is 16.5. The summed E-state index contributed by atoms with van der Waals surface area (Å²) in [6, 6.07) is 12.4. The smallest absolute Gasteiger partial charge is 0.326 e. The SMILES string of the molecule is COc1ccc(NC(=O)NCCCC[C@H](NC(=O)CCc2nc3ccccc3c(=O)[nH]2)C(=O)O)cc1. The number of anilines is 1. The van der Waals surface area contributed by atoms with Gasteiger partial charge in [-0.25, -0.2) is 14.6 Å². The van der Waals surface area contributed by atoms with Gasteiger partial charge in [-0.1, -0.05) is 12.1 Å². The zero-order chi connectivity index (χ0) is 25.9. The van der Waals surface area contributed by atoms with E-state index in [1.807, 2.05) is 0 Å². The number of carbonyl (C=O) groups is 3. The van der Waals surface area contributed by atoms with Crippen LogP contribution in [0.1, 0.15) is 31.5 Å². The number of aryl methyl sites for hydroxylation is 1. The first-order chi connectivity index (χ1) is 17.4. The molecule has 0 radical (unpaired) electrons. The number of urea groups is 1. The molecule has 0 unspecified atom stereocenters. The molecule has 0 aliphatic rings. The van der Waals surface area contributed by atoms with E-state index in [0.29, 0.717) is 47.6 Å². The third kappa shape index (κ3) is 7.83. The van der Waals surface area contributed by atoms with Gasteiger partial charge in [-0.15, -0.1) is 0 Å². The molecule has 3 amide bonds. The molecule has 0 bridgehead atoms. The van der Waals surface area contributed by atoms with Crippen LogP contribution in [0.2, 0.25) is 0 Å². The number of ether oxygens (including phenoxy) is 1. The lowest BCUT2D eigenvalue weighted by Gasteiger charge is -2.14. The van der Waals surface area contributed by atoms with Gasteiger partial charge in [0.25, 0.3) is 5.56 Å². The molecule has 11 nitrogen and oxygen atoms in total. The summed E-state index contributed by atoms with van der Waals surface area (Å²) in [5.41, 5.74) is 0.863. The number of carboxylic acids is 1. The van der Waals surface area contributed by atoms with E-state index in [2.05, 4.69) is 25.9 Å². The molecule has 1 aromatic heterocycles. The predicted octanol–water partition coefficient (Wildman–Crippen LogP) is 2.43. The maximum absolute atomic E-state index is 12.3. The lowest BCUT2D eigenvalue weighted by atomic mass is 10.1. The second-order valence-corrected chi connectivity index (χ2v) is 8.09. The molecule has 0 aliphatic carbocycles. The zero-order valence-electron chi connectivity index (χ0n) is 19.9. The highest BCUT2D eigenvalue weighted by molar-refractivity contribution is 5.89. The first-order valence-electron chi connectivity index (χ1n) is 11.5. The molecule has 190 valence electrons. The standard InChI is InChI=1S/C25H29N5O6/c1-36-17-11-9-16(10-12-17)27-25(35)26-15-5-4-8-20(24(33)34)29-22(31)14-13-21-28-19-7-3-2-6-18(19)23(32)30-21/h2-3,6-7,9-12,20H,4-5,8,13-15H2,1H3,(H,29,31)(H,33,34)(H2,26,27,35)(H,28,30,32)/t20-/m0/s1. The van der Waals surface area contributed by atoms with Crippen molar-refractivity contribution in [3.63, 3.8) is 0 Å². The van der Waals surface area contributed by atoms with Crippen LogP contribution in [-0.4, -0.2) is 52.7 Å². The van der Waals surface area contributed by atoms with Crippen LogP contribution in [0.3, 0.4) is 0 Å². The molecule has 11 heteroatoms. The van der Waals surface area contributed by atoms with E-state index in [0.717, 1.165) is 0 Å². The summed E-state index contributed by atoms with van der Waals surface area (Å²) in [6.45, 7) is 0.350. The van der Waals surface area contributed by atoms with Crippen LogP contribution in [0, 0.1) is 0 Å². The quantitative estimate of drug-likeness (QED) is 0.241. The average molecular weight is 496 g/mol. The summed E-state index contributed by atoms with van der Waals surface area (Å²) in [7, 11) is 1.56. The van der Waals surface area contributed by atoms with Crippen molar-refractivity contribution in [1.82, 2.24) is 20.6 Å². The van der Waals surface area contributed by atoms with Gasteiger partial charge in [0.15, 0.2) is 0 Å². The van der Waals surface area contributed by atoms with Crippen molar-refractivity contribution in [2.45, 2.75) is 38.1 Å². The molecule has 0 spiro atoms. The maximum atomic E-state index is 12.3. The normalized spacial score (nSPS) is 11.5. The fraction of sp³-hybridized carbons (Fsp3) is 0.320. The molecule has 1 atom stereocenters. The summed E-state index contributed by atoms with van der Waals surface area (Å²) in [5, 5.41) is 17.8. The number of carbonyl (C=O) groups excluding carboxylic acids is 2. The Morgan fingerprint density at radius 2 is 1.83 bits per heavy atom. The van der Waals surface area contributed by atoms with Gasteiger partial charge in [0, 0.05) is 25.1 Å². The number of rotatable bonds is 12. The Morgan fingerprint density at radius 3 is 2.56 bits per heavy atom. The number of para-hydroxylation sites is 1. The van der Waals surface area contributed by atoms with Crippen molar-refractivity contribution in [3.05, 3.63) is 64.7 Å². The second-order valence-electron chi connectivity index (χ2n) is 8.09. The average Bonchev–Trinajstić information content (AvgIpc) is 2.87. The van der Waals surface area contributed by atoms with Crippen molar-refractivity contribution in [1.29, 1.82) is 0 Å². The molecule has 3 rings (SSSR count). The number of hydrogen-bond acceptors (Lipinski definition) is 6. The number of nitrogens with one attached hydrogen (secondary N) is 4. The van der Waals surface area contributed by atoms with Crippen molar-refractivity contribution in [3.8, 4) is 5.75 Å². The first-order valence-corrected chi connectivity index (χ1v) is 11.5. The van der Waals surface area contributed by atoms with Crippen LogP contribution >= 0.6 is 0 Å². The molecule has 5 N–H and O–H groups in total. The van der Waals surface area contributed by atoms with Crippen LogP contribution in [0.5, 0.6) is 5.75 Å². The number of nitrogens with zero attached hydrogens (tertiary/aromatic N) is 1. The van der Waals surface area contributed by atoms with E-state index in [4.69, 9.17) is 4.74 Å². The van der Waals surface area contributed by atoms with E-state index in [1.165, 1.54) is 0 Å². The lowest BCUT2D eigenvalue weighted by Crippen LogP contribution is -2.41. The monoisotopic (exact) mass is 495 g/mol. The summed E-state index contributed by atoms with van der Waals surface area (Å²) in [6.07, 6.45) is 1.40. The molecular weight excluding hydrogens is 466 g/mol. The van der Waals surface area contributed by atoms with Crippen LogP contribution in [-0.2, 0) is 16.0 Å². The Kier molecular flexibility index (Phi) is 9.38. The zero-order valence-corrected chi connectivity index (χ0v) is 19.9. The molecule has 0 saturated carbocycles. The Labute approximate surface area is 207 Å². The van der Waals surface area contributed by atoms with Crippen LogP contribution in [0.25, 0.3) is 10.9 Å². The molecule has 0 fully saturated rings. The minimum absolute atomic E-state index is 0.0157. The van der Waals surface area contributed by atoms with E-state index in [1.54, 1.807) is 55.6 Å². The van der Waals surface area contributed by atoms with Gasteiger partial charge in [0.1, 0.15) is 17.6 Å². The highest BCUT2D eigenvalue weighted by Crippen LogP contribution is 2.14. The van der Waals surface area contributed by atoms with Crippen molar-refractivity contribution < 1.29 is 24.2 Å². The Hall–Kier alpha value is -4.41. The number of fused-ring (bicyclic) bond motifs is 1. The molecule has 36 heavy (non-hydrogen) atoms. The van der Waals surface area contributed by atoms with Crippen molar-refractivity contribution in [2.75, 3.05) is 19.0 Å². The summed E-state index contributed by atoms with van der Waals surface area (Å²) in [4.78, 5) is 55.0. The number of aromatic amines is 1. The van der Waals surface area contributed by atoms with E-state index >= 15 is 0 Å². The minimum atomic E-state index is -1.13. The largest absolute Gasteiger partial charge is 0.497 e. The van der Waals surface area contributed by atoms with Gasteiger partial charge < -0.3 is 30.8 Å². The number of methoxy groups -OCH3 is 1. The van der Waals surface area contributed by atoms with Crippen molar-refractivity contribution >= 4 is 34.5 Å². The highest BCUT2D eigenvalue weighted by Gasteiger charge is 2.19. The number of hydrogen-bond donors (Lipinski definition) is 5. The fourth-order valence-corrected chi connectivity index (χ4v) is 3.53. The molecule has 1 heterocycles. The van der Waals surface area contributed by atoms with Crippen LogP contribution < -0.4 is 26.2 Å². The third-order valence-corrected chi connectivity index (χ3v) is 5.44. The van der Waals surface area contributed by atoms with Gasteiger partial charge in [0.05, 0.1) is 18.0 Å². The van der Waals surface area contributed by atoms with E-state index in [-0.39, 0.29) is 30.9 Å². The minimum Gasteiger partial charge on any atom is -0.497 e. The molecule has 0 saturated heterocycles. The first kappa shape index (κ1) is 26.2. The third-order valence-electron chi connectivity index (χ3n) is 5.44. The molecule has 0 aliphatic heterocycles. The summed E-state index contributed by atoms with van der Waals surface area (Å²) >= 11 is 0. The fourth-order valence-electron chi connectivity index (χ4n) is 3.53. The Morgan fingerprint density at radius 1 is 1.08 bits per heavy atom. The van der Waals surface area contributed by atoms with Gasteiger partial charge in [-0.3, -0.25) is 9.59 Å². The lowest BCUT2D eigenvalue weighted by molar-refractivity contribution is -0.142. The number of H-pyrrole nitrogens is 1. The van der Waals surface area contributed by atoms with Gasteiger partial charge in [-0.2, -0.15) is 0 Å². The Balaban J connectivity index is 1.37. The summed E-state index contributed by atoms with van der Waals surface area (Å²) in [5.74, 6) is -0.540. The molecular formula is C25H29N5O6. The van der Waals surface area contributed by atoms with E-state index < -0.39 is 17.9 Å². The van der Waals surface area contributed by atoms with Crippen LogP contribution in [0.15, 0.2) is 53.3 Å². The van der Waals surface area contributed by atoms with Crippen molar-refractivity contribution in [2.24, 2.45) is 0 Å². The molecule has 2 aromatic carbocycles. The van der Waals surface area contributed by atoms with Gasteiger partial charge >= 0.3 is 12.0 Å². The Bertz CT molecular complexity index is 1260. The van der Waals surface area contributed by atoms with E-state index in [9.17, 15) is 24.3 Å². The number of benzene rings is 2. The summed E-state index contributed by atoms with van der Waals surface area (Å²) < 4.78 is 5.07. The number of carboxylic acid groups (broad SMARTS) is 1. The number of aliphatic carboxylic acids is 1. The van der Waals surface area contributed by atoms with Gasteiger partial charge in [0.2, 0.25) is 5.91 Å². The molecule has 3 aromatic rings.